The Morgan fingerprint density at radius 1 is 1.31 bits per heavy atom. The van der Waals surface area contributed by atoms with Crippen molar-refractivity contribution in [3.63, 3.8) is 0 Å². The highest BCUT2D eigenvalue weighted by molar-refractivity contribution is 6.34. The minimum absolute atomic E-state index is 0.143. The molecule has 2 aromatic heterocycles. The van der Waals surface area contributed by atoms with Crippen LogP contribution in [0.4, 0.5) is 5.82 Å². The Balaban J connectivity index is 1.18. The maximum Gasteiger partial charge on any atom is 0.326 e. The maximum absolute atomic E-state index is 12.7. The second-order valence-electron chi connectivity index (χ2n) is 9.37. The van der Waals surface area contributed by atoms with Crippen molar-refractivity contribution in [3.05, 3.63) is 51.9 Å². The van der Waals surface area contributed by atoms with Gasteiger partial charge in [-0.1, -0.05) is 24.6 Å². The number of pyridine rings is 2. The summed E-state index contributed by atoms with van der Waals surface area (Å²) in [6, 6.07) is 3.29. The van der Waals surface area contributed by atoms with Gasteiger partial charge in [-0.25, -0.2) is 9.78 Å². The van der Waals surface area contributed by atoms with Crippen molar-refractivity contribution in [2.45, 2.75) is 70.4 Å². The molecule has 1 unspecified atom stereocenters. The highest BCUT2D eigenvalue weighted by Crippen LogP contribution is 2.34. The maximum atomic E-state index is 12.7. The number of ether oxygens (including phenoxy) is 1. The lowest BCUT2D eigenvalue weighted by Crippen LogP contribution is -2.42. The summed E-state index contributed by atoms with van der Waals surface area (Å²) in [5.74, 6) is 0.0443. The Bertz CT molecular complexity index is 1060. The average Bonchev–Trinajstić information content (AvgIpc) is 2.83. The third kappa shape index (κ3) is 6.49. The number of aliphatic carboxylic acids is 1. The molecular formula is C26H33ClN4O4. The Morgan fingerprint density at radius 2 is 2.14 bits per heavy atom. The summed E-state index contributed by atoms with van der Waals surface area (Å²) in [7, 11) is 0. The van der Waals surface area contributed by atoms with Crippen LogP contribution in [0.15, 0.2) is 24.5 Å². The van der Waals surface area contributed by atoms with Crippen LogP contribution in [0, 0.1) is 5.92 Å². The third-order valence-corrected chi connectivity index (χ3v) is 7.19. The standard InChI is InChI=1S/C26H33ClN4O4/c1-2-17-14-28-15-21(27)23(17)25(32)31-22(26(33)34)9-11-35-20-12-16(13-20)5-7-19-8-6-18-4-3-10-29-24(18)30-19/h6,8,14-16,20,22H,2-5,7,9-13H2,1H3,(H,29,30)(H,31,32)(H,33,34). The van der Waals surface area contributed by atoms with E-state index in [0.29, 0.717) is 17.9 Å². The zero-order valence-electron chi connectivity index (χ0n) is 20.1. The van der Waals surface area contributed by atoms with Crippen LogP contribution in [-0.2, 0) is 28.8 Å². The first-order valence-electron chi connectivity index (χ1n) is 12.4. The number of aryl methyl sites for hydroxylation is 3. The highest BCUT2D eigenvalue weighted by atomic mass is 35.5. The van der Waals surface area contributed by atoms with Crippen LogP contribution in [-0.4, -0.2) is 52.2 Å². The van der Waals surface area contributed by atoms with Crippen molar-refractivity contribution in [1.29, 1.82) is 0 Å². The van der Waals surface area contributed by atoms with Crippen LogP contribution in [0.5, 0.6) is 0 Å². The molecule has 0 radical (unpaired) electrons. The molecule has 1 saturated carbocycles. The lowest BCUT2D eigenvalue weighted by atomic mass is 9.79. The fourth-order valence-electron chi connectivity index (χ4n) is 4.74. The number of aromatic nitrogens is 2. The highest BCUT2D eigenvalue weighted by Gasteiger charge is 2.30. The van der Waals surface area contributed by atoms with E-state index in [1.165, 1.54) is 11.8 Å². The van der Waals surface area contributed by atoms with Crippen LogP contribution in [0.1, 0.15) is 66.2 Å². The minimum atomic E-state index is -1.09. The third-order valence-electron chi connectivity index (χ3n) is 6.90. The molecule has 0 bridgehead atoms. The van der Waals surface area contributed by atoms with Crippen LogP contribution in [0.3, 0.4) is 0 Å². The predicted molar refractivity (Wildman–Crippen MR) is 134 cm³/mol. The summed E-state index contributed by atoms with van der Waals surface area (Å²) in [5.41, 5.74) is 3.39. The normalized spacial score (nSPS) is 19.7. The zero-order chi connectivity index (χ0) is 24.8. The van der Waals surface area contributed by atoms with Gasteiger partial charge in [0.15, 0.2) is 0 Å². The monoisotopic (exact) mass is 500 g/mol. The van der Waals surface area contributed by atoms with E-state index in [0.717, 1.165) is 56.6 Å². The first kappa shape index (κ1) is 25.4. The van der Waals surface area contributed by atoms with Crippen LogP contribution in [0.25, 0.3) is 0 Å². The Hall–Kier alpha value is -2.71. The molecule has 1 fully saturated rings. The Labute approximate surface area is 210 Å². The smallest absolute Gasteiger partial charge is 0.326 e. The van der Waals surface area contributed by atoms with Gasteiger partial charge in [-0.2, -0.15) is 0 Å². The molecular weight excluding hydrogens is 468 g/mol. The summed E-state index contributed by atoms with van der Waals surface area (Å²) >= 11 is 6.15. The van der Waals surface area contributed by atoms with Gasteiger partial charge >= 0.3 is 5.97 Å². The van der Waals surface area contributed by atoms with Gasteiger partial charge < -0.3 is 20.5 Å². The van der Waals surface area contributed by atoms with E-state index in [1.807, 2.05) is 6.92 Å². The van der Waals surface area contributed by atoms with Gasteiger partial charge in [0.1, 0.15) is 11.9 Å². The number of nitrogens with one attached hydrogen (secondary N) is 2. The number of hydrogen-bond acceptors (Lipinski definition) is 6. The molecule has 1 amide bonds. The minimum Gasteiger partial charge on any atom is -0.480 e. The lowest BCUT2D eigenvalue weighted by molar-refractivity contribution is -0.140. The fourth-order valence-corrected chi connectivity index (χ4v) is 5.01. The Kier molecular flexibility index (Phi) is 8.57. The van der Waals surface area contributed by atoms with Gasteiger partial charge in [0.2, 0.25) is 0 Å². The van der Waals surface area contributed by atoms with E-state index in [-0.39, 0.29) is 29.7 Å². The molecule has 188 valence electrons. The number of fused-ring (bicyclic) bond motifs is 1. The molecule has 0 aromatic carbocycles. The van der Waals surface area contributed by atoms with Crippen molar-refractivity contribution in [3.8, 4) is 0 Å². The molecule has 35 heavy (non-hydrogen) atoms. The van der Waals surface area contributed by atoms with E-state index in [1.54, 1.807) is 6.20 Å². The quantitative estimate of drug-likeness (QED) is 0.426. The molecule has 2 aromatic rings. The number of nitrogens with zero attached hydrogens (tertiary/aromatic N) is 2. The summed E-state index contributed by atoms with van der Waals surface area (Å²) in [6.45, 7) is 3.16. The van der Waals surface area contributed by atoms with Gasteiger partial charge in [-0.15, -0.1) is 0 Å². The molecule has 4 rings (SSSR count). The van der Waals surface area contributed by atoms with E-state index < -0.39 is 17.9 Å². The summed E-state index contributed by atoms with van der Waals surface area (Å²) < 4.78 is 5.89. The van der Waals surface area contributed by atoms with Crippen molar-refractivity contribution < 1.29 is 19.4 Å². The first-order valence-corrected chi connectivity index (χ1v) is 12.8. The number of anilines is 1. The van der Waals surface area contributed by atoms with Crippen LogP contribution >= 0.6 is 11.6 Å². The summed E-state index contributed by atoms with van der Waals surface area (Å²) in [6.07, 6.45) is 10.1. The molecule has 3 heterocycles. The number of hydrogen-bond donors (Lipinski definition) is 3. The van der Waals surface area contributed by atoms with Gasteiger partial charge in [0, 0.05) is 37.7 Å². The van der Waals surface area contributed by atoms with Crippen molar-refractivity contribution >= 4 is 29.3 Å². The summed E-state index contributed by atoms with van der Waals surface area (Å²) in [5, 5.41) is 15.8. The number of halogens is 1. The van der Waals surface area contributed by atoms with E-state index >= 15 is 0 Å². The second kappa shape index (κ2) is 11.8. The molecule has 0 saturated heterocycles. The molecule has 1 aliphatic carbocycles. The van der Waals surface area contributed by atoms with Crippen molar-refractivity contribution in [2.75, 3.05) is 18.5 Å². The number of carbonyl (C=O) groups is 2. The van der Waals surface area contributed by atoms with Gasteiger partial charge in [0.25, 0.3) is 5.91 Å². The molecule has 2 aliphatic rings. The number of amides is 1. The molecule has 1 atom stereocenters. The zero-order valence-corrected chi connectivity index (χ0v) is 20.8. The van der Waals surface area contributed by atoms with E-state index in [9.17, 15) is 14.7 Å². The number of carbonyl (C=O) groups excluding carboxylic acids is 1. The molecule has 1 aliphatic heterocycles. The lowest BCUT2D eigenvalue weighted by Gasteiger charge is -2.35. The van der Waals surface area contributed by atoms with Crippen molar-refractivity contribution in [2.24, 2.45) is 5.92 Å². The van der Waals surface area contributed by atoms with Crippen molar-refractivity contribution in [1.82, 2.24) is 15.3 Å². The number of carboxylic acids is 1. The van der Waals surface area contributed by atoms with Crippen LogP contribution in [0.2, 0.25) is 5.02 Å². The molecule has 0 spiro atoms. The molecule has 8 nitrogen and oxygen atoms in total. The SMILES string of the molecule is CCc1cncc(Cl)c1C(=O)NC(CCOC1CC(CCc2ccc3c(n2)NCCC3)C1)C(=O)O. The van der Waals surface area contributed by atoms with E-state index in [4.69, 9.17) is 21.3 Å². The van der Waals surface area contributed by atoms with Gasteiger partial charge in [-0.05, 0) is 68.1 Å². The summed E-state index contributed by atoms with van der Waals surface area (Å²) in [4.78, 5) is 33.2. The molecule has 9 heteroatoms. The second-order valence-corrected chi connectivity index (χ2v) is 9.78. The topological polar surface area (TPSA) is 113 Å². The number of carboxylic acid groups (broad SMARTS) is 1. The average molecular weight is 501 g/mol. The van der Waals surface area contributed by atoms with E-state index in [2.05, 4.69) is 27.8 Å². The largest absolute Gasteiger partial charge is 0.480 e. The van der Waals surface area contributed by atoms with Gasteiger partial charge in [0.05, 0.1) is 16.7 Å². The molecule has 3 N–H and O–H groups in total. The fraction of sp³-hybridized carbons (Fsp3) is 0.538. The predicted octanol–water partition coefficient (Wildman–Crippen LogP) is 4.05. The van der Waals surface area contributed by atoms with Gasteiger partial charge in [-0.3, -0.25) is 9.78 Å². The Morgan fingerprint density at radius 3 is 2.91 bits per heavy atom. The first-order chi connectivity index (χ1) is 16.9. The number of rotatable bonds is 11. The van der Waals surface area contributed by atoms with Crippen LogP contribution < -0.4 is 10.6 Å².